The van der Waals surface area contributed by atoms with Gasteiger partial charge in [0.05, 0.1) is 11.3 Å². The highest BCUT2D eigenvalue weighted by molar-refractivity contribution is 9.10. The van der Waals surface area contributed by atoms with Gasteiger partial charge < -0.3 is 10.0 Å². The molecule has 0 bridgehead atoms. The molecule has 20 heavy (non-hydrogen) atoms. The predicted molar refractivity (Wildman–Crippen MR) is 80.5 cm³/mol. The number of rotatable bonds is 6. The number of halogens is 1. The first-order valence-corrected chi connectivity index (χ1v) is 8.04. The van der Waals surface area contributed by atoms with Crippen molar-refractivity contribution in [3.05, 3.63) is 22.7 Å². The van der Waals surface area contributed by atoms with Gasteiger partial charge in [0.1, 0.15) is 0 Å². The molecule has 112 valence electrons. The molecular weight excluding hydrogens is 348 g/mol. The average Bonchev–Trinajstić information content (AvgIpc) is 2.35. The molecule has 0 heterocycles. The Kier molecular flexibility index (Phi) is 5.55. The summed E-state index contributed by atoms with van der Waals surface area (Å²) < 4.78 is 26.3. The lowest BCUT2D eigenvalue weighted by molar-refractivity contribution is -0.137. The van der Waals surface area contributed by atoms with E-state index in [1.165, 1.54) is 7.05 Å². The third kappa shape index (κ3) is 3.94. The normalized spacial score (nSPS) is 11.7. The van der Waals surface area contributed by atoms with Crippen molar-refractivity contribution in [1.29, 1.82) is 0 Å². The van der Waals surface area contributed by atoms with Crippen molar-refractivity contribution in [2.75, 3.05) is 32.6 Å². The molecule has 8 heteroatoms. The highest BCUT2D eigenvalue weighted by atomic mass is 79.9. The van der Waals surface area contributed by atoms with Gasteiger partial charge in [0.2, 0.25) is 10.0 Å². The Hall–Kier alpha value is -1.12. The first-order chi connectivity index (χ1) is 9.16. The average molecular weight is 365 g/mol. The molecule has 6 nitrogen and oxygen atoms in total. The highest BCUT2D eigenvalue weighted by Crippen LogP contribution is 2.28. The summed E-state index contributed by atoms with van der Waals surface area (Å²) in [7, 11) is 1.27. The van der Waals surface area contributed by atoms with Gasteiger partial charge in [0.15, 0.2) is 0 Å². The number of carboxylic acids is 1. The molecule has 0 radical (unpaired) electrons. The number of carbonyl (C=O) groups is 1. The van der Waals surface area contributed by atoms with E-state index >= 15 is 0 Å². The summed E-state index contributed by atoms with van der Waals surface area (Å²) in [6, 6.07) is 5.00. The van der Waals surface area contributed by atoms with Crippen LogP contribution < -0.4 is 4.90 Å². The quantitative estimate of drug-likeness (QED) is 0.829. The molecule has 0 fully saturated rings. The zero-order valence-electron chi connectivity index (χ0n) is 11.5. The first-order valence-electron chi connectivity index (χ1n) is 5.81. The second-order valence-corrected chi connectivity index (χ2v) is 7.35. The molecule has 0 aromatic heterocycles. The highest BCUT2D eigenvalue weighted by Gasteiger charge is 2.24. The molecule has 0 unspecified atom stereocenters. The number of sulfonamides is 1. The molecule has 0 saturated carbocycles. The Morgan fingerprint density at radius 3 is 2.40 bits per heavy atom. The van der Waals surface area contributed by atoms with Gasteiger partial charge >= 0.3 is 5.97 Å². The molecule has 1 N–H and O–H groups in total. The van der Waals surface area contributed by atoms with Gasteiger partial charge in [0.25, 0.3) is 0 Å². The van der Waals surface area contributed by atoms with Crippen LogP contribution >= 0.6 is 15.9 Å². The standard InChI is InChI=1S/C12H17BrN2O4S/c1-14(2)9-4-5-10(13)11(8-9)20(18,19)15(3)7-6-12(16)17/h4-5,8H,6-7H2,1-3H3,(H,16,17). The topological polar surface area (TPSA) is 77.9 Å². The minimum absolute atomic E-state index is 0.0731. The van der Waals surface area contributed by atoms with E-state index in [4.69, 9.17) is 5.11 Å². The molecule has 1 rings (SSSR count). The summed E-state index contributed by atoms with van der Waals surface area (Å²) in [5.41, 5.74) is 0.749. The summed E-state index contributed by atoms with van der Waals surface area (Å²) in [5.74, 6) is -1.03. The number of carboxylic acid groups (broad SMARTS) is 1. The van der Waals surface area contributed by atoms with E-state index < -0.39 is 16.0 Å². The summed E-state index contributed by atoms with van der Waals surface area (Å²) in [6.45, 7) is -0.0731. The number of aliphatic carboxylic acids is 1. The van der Waals surface area contributed by atoms with Gasteiger partial charge in [-0.25, -0.2) is 12.7 Å². The summed E-state index contributed by atoms with van der Waals surface area (Å²) in [6.07, 6.45) is -0.235. The summed E-state index contributed by atoms with van der Waals surface area (Å²) in [4.78, 5) is 12.5. The van der Waals surface area contributed by atoms with Gasteiger partial charge in [0, 0.05) is 37.8 Å². The lowest BCUT2D eigenvalue weighted by Crippen LogP contribution is -2.29. The van der Waals surface area contributed by atoms with Gasteiger partial charge in [-0.2, -0.15) is 0 Å². The summed E-state index contributed by atoms with van der Waals surface area (Å²) in [5, 5.41) is 8.63. The van der Waals surface area contributed by atoms with Crippen LogP contribution in [0.5, 0.6) is 0 Å². The van der Waals surface area contributed by atoms with E-state index in [1.807, 2.05) is 14.1 Å². The zero-order chi connectivity index (χ0) is 15.5. The van der Waals surface area contributed by atoms with Crippen LogP contribution in [0.1, 0.15) is 6.42 Å². The van der Waals surface area contributed by atoms with E-state index in [9.17, 15) is 13.2 Å². The van der Waals surface area contributed by atoms with E-state index in [1.54, 1.807) is 23.1 Å². The Morgan fingerprint density at radius 1 is 1.30 bits per heavy atom. The minimum atomic E-state index is -3.72. The van der Waals surface area contributed by atoms with Crippen molar-refractivity contribution in [3.8, 4) is 0 Å². The molecule has 1 aromatic carbocycles. The molecule has 0 atom stereocenters. The maximum Gasteiger partial charge on any atom is 0.304 e. The molecular formula is C12H17BrN2O4S. The van der Waals surface area contributed by atoms with E-state index in [2.05, 4.69) is 15.9 Å². The van der Waals surface area contributed by atoms with Crippen LogP contribution in [0, 0.1) is 0 Å². The van der Waals surface area contributed by atoms with Crippen molar-refractivity contribution in [3.63, 3.8) is 0 Å². The third-order valence-corrected chi connectivity index (χ3v) is 5.61. The van der Waals surface area contributed by atoms with Crippen LogP contribution in [0.25, 0.3) is 0 Å². The van der Waals surface area contributed by atoms with Crippen molar-refractivity contribution >= 4 is 37.6 Å². The van der Waals surface area contributed by atoms with Crippen LogP contribution in [-0.2, 0) is 14.8 Å². The van der Waals surface area contributed by atoms with Crippen LogP contribution in [-0.4, -0.2) is 51.5 Å². The zero-order valence-corrected chi connectivity index (χ0v) is 13.9. The monoisotopic (exact) mass is 364 g/mol. The number of hydrogen-bond donors (Lipinski definition) is 1. The molecule has 0 spiro atoms. The summed E-state index contributed by atoms with van der Waals surface area (Å²) >= 11 is 3.22. The van der Waals surface area contributed by atoms with E-state index in [0.717, 1.165) is 9.99 Å². The smallest absolute Gasteiger partial charge is 0.304 e. The van der Waals surface area contributed by atoms with Gasteiger partial charge in [-0.15, -0.1) is 0 Å². The molecule has 0 amide bonds. The van der Waals surface area contributed by atoms with Gasteiger partial charge in [-0.3, -0.25) is 4.79 Å². The van der Waals surface area contributed by atoms with E-state index in [0.29, 0.717) is 4.47 Å². The van der Waals surface area contributed by atoms with Crippen molar-refractivity contribution in [1.82, 2.24) is 4.31 Å². The Balaban J connectivity index is 3.14. The van der Waals surface area contributed by atoms with Crippen molar-refractivity contribution < 1.29 is 18.3 Å². The van der Waals surface area contributed by atoms with Crippen LogP contribution in [0.3, 0.4) is 0 Å². The van der Waals surface area contributed by atoms with Gasteiger partial charge in [-0.1, -0.05) is 0 Å². The van der Waals surface area contributed by atoms with Crippen molar-refractivity contribution in [2.24, 2.45) is 0 Å². The lowest BCUT2D eigenvalue weighted by atomic mass is 10.3. The second-order valence-electron chi connectivity index (χ2n) is 4.48. The number of hydrogen-bond acceptors (Lipinski definition) is 4. The Bertz CT molecular complexity index is 601. The largest absolute Gasteiger partial charge is 0.481 e. The number of benzene rings is 1. The molecule has 0 aliphatic carbocycles. The SMILES string of the molecule is CN(C)c1ccc(Br)c(S(=O)(=O)N(C)CCC(=O)O)c1. The van der Waals surface area contributed by atoms with Crippen LogP contribution in [0.15, 0.2) is 27.6 Å². The Labute approximate surface area is 127 Å². The fraction of sp³-hybridized carbons (Fsp3) is 0.417. The van der Waals surface area contributed by atoms with Gasteiger partial charge in [-0.05, 0) is 34.1 Å². The predicted octanol–water partition coefficient (Wildman–Crippen LogP) is 1.61. The maximum absolute atomic E-state index is 12.4. The number of anilines is 1. The first kappa shape index (κ1) is 16.9. The minimum Gasteiger partial charge on any atom is -0.481 e. The maximum atomic E-state index is 12.4. The molecule has 0 aliphatic heterocycles. The number of nitrogens with zero attached hydrogens (tertiary/aromatic N) is 2. The fourth-order valence-electron chi connectivity index (χ4n) is 1.51. The Morgan fingerprint density at radius 2 is 1.90 bits per heavy atom. The fourth-order valence-corrected chi connectivity index (χ4v) is 3.62. The lowest BCUT2D eigenvalue weighted by Gasteiger charge is -2.19. The second kappa shape index (κ2) is 6.55. The third-order valence-electron chi connectivity index (χ3n) is 2.76. The molecule has 1 aromatic rings. The van der Waals surface area contributed by atoms with Crippen LogP contribution in [0.2, 0.25) is 0 Å². The molecule has 0 aliphatic rings. The molecule has 0 saturated heterocycles. The van der Waals surface area contributed by atoms with Crippen molar-refractivity contribution in [2.45, 2.75) is 11.3 Å². The van der Waals surface area contributed by atoms with Crippen LogP contribution in [0.4, 0.5) is 5.69 Å². The van der Waals surface area contributed by atoms with E-state index in [-0.39, 0.29) is 17.9 Å².